The number of phenols is 1. The Balaban J connectivity index is 1.74. The summed E-state index contributed by atoms with van der Waals surface area (Å²) in [6, 6.07) is 22.9. The smallest absolute Gasteiger partial charge is 0.252 e. The Hall–Kier alpha value is -4.43. The molecule has 0 aliphatic rings. The first-order chi connectivity index (χ1) is 16.0. The number of aliphatic hydroxyl groups is 1. The number of hydrogen-bond acceptors (Lipinski definition) is 7. The number of carbonyl (C=O) groups excluding carboxylic acids is 1. The standard InChI is InChI=1S/C25H22N4O4/c1-33-21-12-11-16(25(32)27-17-8-3-2-4-9-17)14-20(21)28-29-22-18-10-6-5-7-15(18)13-19(23(22)30)24(26)31/h2-14,25,27,30,32H,1H3,(H2,26,31)/b29-28+. The van der Waals surface area contributed by atoms with Crippen LogP contribution in [-0.4, -0.2) is 23.2 Å². The van der Waals surface area contributed by atoms with Gasteiger partial charge in [0.15, 0.2) is 12.0 Å². The molecule has 0 aliphatic carbocycles. The maximum absolute atomic E-state index is 11.8. The second kappa shape index (κ2) is 9.37. The van der Waals surface area contributed by atoms with Gasteiger partial charge < -0.3 is 26.0 Å². The van der Waals surface area contributed by atoms with Crippen molar-refractivity contribution in [2.75, 3.05) is 12.4 Å². The molecule has 0 radical (unpaired) electrons. The number of azo groups is 1. The fourth-order valence-corrected chi connectivity index (χ4v) is 3.44. The van der Waals surface area contributed by atoms with Crippen molar-refractivity contribution in [3.63, 3.8) is 0 Å². The molecule has 1 atom stereocenters. The van der Waals surface area contributed by atoms with Gasteiger partial charge >= 0.3 is 0 Å². The van der Waals surface area contributed by atoms with E-state index >= 15 is 0 Å². The van der Waals surface area contributed by atoms with Gasteiger partial charge in [-0.15, -0.1) is 10.2 Å². The predicted molar refractivity (Wildman–Crippen MR) is 126 cm³/mol. The van der Waals surface area contributed by atoms with E-state index in [2.05, 4.69) is 15.5 Å². The Bertz CT molecular complexity index is 1340. The summed E-state index contributed by atoms with van der Waals surface area (Å²) in [6.45, 7) is 0. The monoisotopic (exact) mass is 442 g/mol. The number of para-hydroxylation sites is 1. The average Bonchev–Trinajstić information content (AvgIpc) is 2.83. The normalized spacial score (nSPS) is 12.1. The summed E-state index contributed by atoms with van der Waals surface area (Å²) in [5, 5.41) is 34.0. The van der Waals surface area contributed by atoms with Crippen LogP contribution in [0.2, 0.25) is 0 Å². The van der Waals surface area contributed by atoms with E-state index in [0.29, 0.717) is 27.8 Å². The molecular formula is C25H22N4O4. The van der Waals surface area contributed by atoms with Crippen molar-refractivity contribution in [3.8, 4) is 11.5 Å². The molecule has 4 aromatic rings. The van der Waals surface area contributed by atoms with E-state index in [9.17, 15) is 15.0 Å². The molecule has 4 rings (SSSR count). The van der Waals surface area contributed by atoms with Gasteiger partial charge in [0.05, 0.1) is 12.7 Å². The van der Waals surface area contributed by atoms with E-state index in [1.165, 1.54) is 13.2 Å². The Morgan fingerprint density at radius 2 is 1.73 bits per heavy atom. The number of carbonyl (C=O) groups is 1. The Labute approximate surface area is 190 Å². The molecule has 4 aromatic carbocycles. The molecule has 8 nitrogen and oxygen atoms in total. The number of nitrogens with two attached hydrogens (primary N) is 1. The van der Waals surface area contributed by atoms with E-state index in [4.69, 9.17) is 10.5 Å². The highest BCUT2D eigenvalue weighted by atomic mass is 16.5. The fourth-order valence-electron chi connectivity index (χ4n) is 3.44. The average molecular weight is 442 g/mol. The SMILES string of the molecule is COc1ccc(C(O)Nc2ccccc2)cc1/N=N/c1c(O)c(C(N)=O)cc2ccccc12. The van der Waals surface area contributed by atoms with Crippen LogP contribution in [0.1, 0.15) is 22.1 Å². The van der Waals surface area contributed by atoms with Gasteiger partial charge in [-0.1, -0.05) is 48.5 Å². The number of primary amides is 1. The zero-order valence-corrected chi connectivity index (χ0v) is 17.8. The van der Waals surface area contributed by atoms with Crippen LogP contribution in [0.5, 0.6) is 11.5 Å². The molecule has 1 unspecified atom stereocenters. The van der Waals surface area contributed by atoms with Crippen molar-refractivity contribution in [2.45, 2.75) is 6.23 Å². The Morgan fingerprint density at radius 1 is 1.00 bits per heavy atom. The second-order valence-electron chi connectivity index (χ2n) is 7.25. The lowest BCUT2D eigenvalue weighted by Crippen LogP contribution is -2.11. The van der Waals surface area contributed by atoms with Gasteiger partial charge in [0.25, 0.3) is 5.91 Å². The number of aromatic hydroxyl groups is 1. The maximum atomic E-state index is 11.8. The van der Waals surface area contributed by atoms with E-state index in [0.717, 1.165) is 5.69 Å². The number of fused-ring (bicyclic) bond motifs is 1. The molecule has 0 saturated carbocycles. The van der Waals surface area contributed by atoms with Gasteiger partial charge in [-0.3, -0.25) is 4.79 Å². The van der Waals surface area contributed by atoms with Gasteiger partial charge in [0, 0.05) is 16.6 Å². The maximum Gasteiger partial charge on any atom is 0.252 e. The summed E-state index contributed by atoms with van der Waals surface area (Å²) in [5.41, 5.74) is 7.10. The summed E-state index contributed by atoms with van der Waals surface area (Å²) < 4.78 is 5.37. The number of amides is 1. The highest BCUT2D eigenvalue weighted by Crippen LogP contribution is 2.40. The number of aliphatic hydroxyl groups excluding tert-OH is 1. The minimum Gasteiger partial charge on any atom is -0.505 e. The Morgan fingerprint density at radius 3 is 2.45 bits per heavy atom. The second-order valence-corrected chi connectivity index (χ2v) is 7.25. The topological polar surface area (TPSA) is 130 Å². The molecule has 0 saturated heterocycles. The minimum absolute atomic E-state index is 0.0501. The summed E-state index contributed by atoms with van der Waals surface area (Å²) in [4.78, 5) is 11.8. The first-order valence-electron chi connectivity index (χ1n) is 10.1. The highest BCUT2D eigenvalue weighted by Gasteiger charge is 2.17. The van der Waals surface area contributed by atoms with Crippen LogP contribution in [-0.2, 0) is 0 Å². The molecule has 8 heteroatoms. The van der Waals surface area contributed by atoms with Crippen LogP contribution < -0.4 is 15.8 Å². The van der Waals surface area contributed by atoms with Gasteiger partial charge in [-0.05, 0) is 35.7 Å². The number of anilines is 1. The van der Waals surface area contributed by atoms with E-state index in [1.54, 1.807) is 42.5 Å². The molecule has 0 heterocycles. The first-order valence-corrected chi connectivity index (χ1v) is 10.1. The van der Waals surface area contributed by atoms with E-state index in [1.807, 2.05) is 30.3 Å². The van der Waals surface area contributed by atoms with E-state index in [-0.39, 0.29) is 17.0 Å². The number of benzene rings is 4. The van der Waals surface area contributed by atoms with Crippen LogP contribution in [0.3, 0.4) is 0 Å². The minimum atomic E-state index is -1.00. The van der Waals surface area contributed by atoms with Gasteiger partial charge in [-0.2, -0.15) is 0 Å². The third kappa shape index (κ3) is 4.60. The van der Waals surface area contributed by atoms with E-state index < -0.39 is 12.1 Å². The van der Waals surface area contributed by atoms with Crippen molar-refractivity contribution in [1.82, 2.24) is 0 Å². The van der Waals surface area contributed by atoms with Crippen LogP contribution >= 0.6 is 0 Å². The van der Waals surface area contributed by atoms with Crippen molar-refractivity contribution < 1.29 is 19.7 Å². The van der Waals surface area contributed by atoms with Crippen LogP contribution in [0.4, 0.5) is 17.1 Å². The molecule has 0 spiro atoms. The number of methoxy groups -OCH3 is 1. The number of nitrogens with zero attached hydrogens (tertiary/aromatic N) is 2. The molecule has 166 valence electrons. The molecule has 0 aromatic heterocycles. The number of hydrogen-bond donors (Lipinski definition) is 4. The van der Waals surface area contributed by atoms with Crippen LogP contribution in [0.15, 0.2) is 89.1 Å². The fraction of sp³-hybridized carbons (Fsp3) is 0.0800. The highest BCUT2D eigenvalue weighted by molar-refractivity contribution is 6.06. The van der Waals surface area contributed by atoms with Crippen molar-refractivity contribution >= 4 is 33.7 Å². The molecule has 5 N–H and O–H groups in total. The molecule has 1 amide bonds. The predicted octanol–water partition coefficient (Wildman–Crippen LogP) is 5.17. The summed E-state index contributed by atoms with van der Waals surface area (Å²) >= 11 is 0. The van der Waals surface area contributed by atoms with Crippen molar-refractivity contribution in [2.24, 2.45) is 16.0 Å². The van der Waals surface area contributed by atoms with Crippen LogP contribution in [0.25, 0.3) is 10.8 Å². The first kappa shape index (κ1) is 21.8. The molecule has 0 fully saturated rings. The summed E-state index contributed by atoms with van der Waals surface area (Å²) in [7, 11) is 1.49. The zero-order valence-electron chi connectivity index (χ0n) is 17.8. The molecular weight excluding hydrogens is 420 g/mol. The molecule has 0 aliphatic heterocycles. The third-order valence-electron chi connectivity index (χ3n) is 5.11. The van der Waals surface area contributed by atoms with Crippen molar-refractivity contribution in [3.05, 3.63) is 90.0 Å². The number of nitrogens with one attached hydrogen (secondary N) is 1. The lowest BCUT2D eigenvalue weighted by Gasteiger charge is -2.16. The van der Waals surface area contributed by atoms with Crippen LogP contribution in [0, 0.1) is 0 Å². The largest absolute Gasteiger partial charge is 0.505 e. The lowest BCUT2D eigenvalue weighted by molar-refractivity contribution is 0.0998. The summed E-state index contributed by atoms with van der Waals surface area (Å²) in [6.07, 6.45) is -1.00. The van der Waals surface area contributed by atoms with Crippen molar-refractivity contribution in [1.29, 1.82) is 0 Å². The third-order valence-corrected chi connectivity index (χ3v) is 5.11. The number of rotatable bonds is 7. The quantitative estimate of drug-likeness (QED) is 0.232. The molecule has 0 bridgehead atoms. The summed E-state index contributed by atoms with van der Waals surface area (Å²) in [5.74, 6) is -0.709. The van der Waals surface area contributed by atoms with Gasteiger partial charge in [0.1, 0.15) is 17.1 Å². The zero-order chi connectivity index (χ0) is 23.4. The Kier molecular flexibility index (Phi) is 6.19. The van der Waals surface area contributed by atoms with Gasteiger partial charge in [0.2, 0.25) is 0 Å². The lowest BCUT2D eigenvalue weighted by atomic mass is 10.0. The number of ether oxygens (including phenoxy) is 1. The van der Waals surface area contributed by atoms with Gasteiger partial charge in [-0.25, -0.2) is 0 Å². The molecule has 33 heavy (non-hydrogen) atoms.